The average Bonchev–Trinajstić information content (AvgIpc) is 2.96. The molecule has 222 valence electrons. The van der Waals surface area contributed by atoms with Crippen molar-refractivity contribution in [2.45, 2.75) is 25.7 Å². The van der Waals surface area contributed by atoms with E-state index in [1.807, 2.05) is 26.8 Å². The van der Waals surface area contributed by atoms with E-state index in [-0.39, 0.29) is 11.5 Å². The first-order chi connectivity index (χ1) is 20.5. The number of carbonyl (C=O) groups excluding carboxylic acids is 2. The van der Waals surface area contributed by atoms with Crippen LogP contribution in [0.5, 0.6) is 5.75 Å². The van der Waals surface area contributed by atoms with E-state index in [0.29, 0.717) is 22.7 Å². The number of hydrogen-bond donors (Lipinski definition) is 2. The van der Waals surface area contributed by atoms with E-state index in [2.05, 4.69) is 15.8 Å². The number of benzene rings is 4. The van der Waals surface area contributed by atoms with E-state index >= 15 is 0 Å². The van der Waals surface area contributed by atoms with Crippen LogP contribution in [0, 0.1) is 26.6 Å². The van der Waals surface area contributed by atoms with Gasteiger partial charge in [-0.05, 0) is 110 Å². The third-order valence-electron chi connectivity index (χ3n) is 6.17. The molecule has 4 aromatic carbocycles. The van der Waals surface area contributed by atoms with Gasteiger partial charge in [-0.2, -0.15) is 5.10 Å². The summed E-state index contributed by atoms with van der Waals surface area (Å²) in [7, 11) is -4.05. The molecule has 0 radical (unpaired) electrons. The topological polar surface area (TPSA) is 117 Å². The van der Waals surface area contributed by atoms with Crippen LogP contribution in [0.25, 0.3) is 0 Å². The molecule has 11 heteroatoms. The number of carbonyl (C=O) groups is 2. The van der Waals surface area contributed by atoms with Crippen molar-refractivity contribution in [3.8, 4) is 5.75 Å². The van der Waals surface area contributed by atoms with Gasteiger partial charge in [-0.3, -0.25) is 13.9 Å². The Kier molecular flexibility index (Phi) is 9.89. The van der Waals surface area contributed by atoms with E-state index in [1.165, 1.54) is 42.6 Å². The van der Waals surface area contributed by atoms with Crippen LogP contribution in [0.15, 0.2) is 101 Å². The van der Waals surface area contributed by atoms with Crippen LogP contribution >= 0.6 is 0 Å². The van der Waals surface area contributed by atoms with Gasteiger partial charge in [0.05, 0.1) is 16.8 Å². The standard InChI is InChI=1S/C32H31FN4O5S/c1-22-4-14-30(15-5-22)43(40,41)37(28-17-23(2)16-24(3)18-28)20-31(38)36-34-19-25-6-12-29(13-7-25)42-21-32(39)35-27-10-8-26(33)9-11-27/h4-19H,20-21H2,1-3H3,(H,35,39)(H,36,38)/b34-19-. The Morgan fingerprint density at radius 1 is 0.837 bits per heavy atom. The number of hydrogen-bond acceptors (Lipinski definition) is 6. The Balaban J connectivity index is 1.37. The molecule has 0 spiro atoms. The molecule has 4 aromatic rings. The molecule has 9 nitrogen and oxygen atoms in total. The van der Waals surface area contributed by atoms with Gasteiger partial charge in [0.2, 0.25) is 0 Å². The number of aryl methyl sites for hydroxylation is 3. The van der Waals surface area contributed by atoms with Gasteiger partial charge in [-0.15, -0.1) is 0 Å². The zero-order valence-electron chi connectivity index (χ0n) is 23.9. The summed E-state index contributed by atoms with van der Waals surface area (Å²) in [5, 5.41) is 6.58. The third kappa shape index (κ3) is 8.73. The molecule has 0 unspecified atom stereocenters. The van der Waals surface area contributed by atoms with Gasteiger partial charge >= 0.3 is 0 Å². The predicted molar refractivity (Wildman–Crippen MR) is 164 cm³/mol. The normalized spacial score (nSPS) is 11.3. The van der Waals surface area contributed by atoms with Crippen LogP contribution in [0.4, 0.5) is 15.8 Å². The minimum absolute atomic E-state index is 0.0730. The minimum atomic E-state index is -4.05. The van der Waals surface area contributed by atoms with Crippen molar-refractivity contribution in [1.29, 1.82) is 0 Å². The fourth-order valence-electron chi connectivity index (χ4n) is 4.12. The fraction of sp³-hybridized carbons (Fsp3) is 0.156. The van der Waals surface area contributed by atoms with Crippen molar-refractivity contribution in [3.63, 3.8) is 0 Å². The van der Waals surface area contributed by atoms with Crippen LogP contribution in [-0.2, 0) is 19.6 Å². The van der Waals surface area contributed by atoms with E-state index in [9.17, 15) is 22.4 Å². The number of anilines is 2. The molecule has 0 saturated carbocycles. The van der Waals surface area contributed by atoms with Gasteiger partial charge in [0.25, 0.3) is 21.8 Å². The zero-order valence-corrected chi connectivity index (χ0v) is 24.7. The lowest BCUT2D eigenvalue weighted by atomic mass is 10.1. The molecule has 0 saturated heterocycles. The molecule has 0 aliphatic carbocycles. The monoisotopic (exact) mass is 602 g/mol. The van der Waals surface area contributed by atoms with Gasteiger partial charge in [0.15, 0.2) is 6.61 Å². The summed E-state index contributed by atoms with van der Waals surface area (Å²) in [4.78, 5) is 25.0. The van der Waals surface area contributed by atoms with Crippen molar-refractivity contribution in [2.75, 3.05) is 22.8 Å². The van der Waals surface area contributed by atoms with Crippen LogP contribution in [0.3, 0.4) is 0 Å². The number of ether oxygens (including phenoxy) is 1. The van der Waals surface area contributed by atoms with E-state index < -0.39 is 34.2 Å². The maximum absolute atomic E-state index is 13.6. The molecule has 0 bridgehead atoms. The van der Waals surface area contributed by atoms with E-state index in [0.717, 1.165) is 21.0 Å². The summed E-state index contributed by atoms with van der Waals surface area (Å²) in [5.41, 5.74) is 6.48. The molecule has 0 fully saturated rings. The Hall–Kier alpha value is -5.03. The van der Waals surface area contributed by atoms with Crippen molar-refractivity contribution < 1.29 is 27.1 Å². The summed E-state index contributed by atoms with van der Waals surface area (Å²) in [6, 6.07) is 23.8. The smallest absolute Gasteiger partial charge is 0.264 e. The second kappa shape index (κ2) is 13.8. The number of amides is 2. The highest BCUT2D eigenvalue weighted by molar-refractivity contribution is 7.92. The van der Waals surface area contributed by atoms with Crippen LogP contribution in [0.1, 0.15) is 22.3 Å². The number of halogens is 1. The lowest BCUT2D eigenvalue weighted by Gasteiger charge is -2.24. The van der Waals surface area contributed by atoms with Gasteiger partial charge in [0.1, 0.15) is 18.1 Å². The summed E-state index contributed by atoms with van der Waals surface area (Å²) in [6.45, 7) is 4.85. The van der Waals surface area contributed by atoms with Gasteiger partial charge < -0.3 is 10.1 Å². The molecule has 4 rings (SSSR count). The molecule has 0 aliphatic rings. The predicted octanol–water partition coefficient (Wildman–Crippen LogP) is 5.11. The second-order valence-corrected chi connectivity index (χ2v) is 11.7. The fourth-order valence-corrected chi connectivity index (χ4v) is 5.53. The Morgan fingerprint density at radius 3 is 2.09 bits per heavy atom. The summed E-state index contributed by atoms with van der Waals surface area (Å²) < 4.78 is 46.7. The van der Waals surface area contributed by atoms with Crippen molar-refractivity contribution >= 4 is 39.4 Å². The molecule has 43 heavy (non-hydrogen) atoms. The van der Waals surface area contributed by atoms with Crippen LogP contribution < -0.4 is 19.8 Å². The number of hydrazone groups is 1. The first-order valence-electron chi connectivity index (χ1n) is 13.3. The zero-order chi connectivity index (χ0) is 31.0. The van der Waals surface area contributed by atoms with E-state index in [4.69, 9.17) is 4.74 Å². The maximum Gasteiger partial charge on any atom is 0.264 e. The highest BCUT2D eigenvalue weighted by Gasteiger charge is 2.27. The van der Waals surface area contributed by atoms with Gasteiger partial charge in [-0.1, -0.05) is 23.8 Å². The molecule has 0 heterocycles. The largest absolute Gasteiger partial charge is 0.484 e. The number of nitrogens with one attached hydrogen (secondary N) is 2. The minimum Gasteiger partial charge on any atom is -0.484 e. The molecule has 0 aliphatic heterocycles. The quantitative estimate of drug-likeness (QED) is 0.183. The Morgan fingerprint density at radius 2 is 1.47 bits per heavy atom. The number of rotatable bonds is 11. The average molecular weight is 603 g/mol. The SMILES string of the molecule is Cc1ccc(S(=O)(=O)N(CC(=O)N/N=C\c2ccc(OCC(=O)Nc3ccc(F)cc3)cc2)c2cc(C)cc(C)c2)cc1. The summed E-state index contributed by atoms with van der Waals surface area (Å²) in [5.74, 6) is -0.999. The summed E-state index contributed by atoms with van der Waals surface area (Å²) >= 11 is 0. The van der Waals surface area contributed by atoms with E-state index in [1.54, 1.807) is 48.5 Å². The lowest BCUT2D eigenvalue weighted by Crippen LogP contribution is -2.39. The van der Waals surface area contributed by atoms with Crippen molar-refractivity contribution in [3.05, 3.63) is 119 Å². The molecule has 2 amide bonds. The first-order valence-corrected chi connectivity index (χ1v) is 14.7. The highest BCUT2D eigenvalue weighted by Crippen LogP contribution is 2.26. The number of nitrogens with zero attached hydrogens (tertiary/aromatic N) is 2. The molecule has 0 atom stereocenters. The first kappa shape index (κ1) is 30.9. The number of sulfonamides is 1. The van der Waals surface area contributed by atoms with Crippen molar-refractivity contribution in [1.82, 2.24) is 5.43 Å². The molecule has 0 aromatic heterocycles. The highest BCUT2D eigenvalue weighted by atomic mass is 32.2. The maximum atomic E-state index is 13.6. The molecular formula is C32H31FN4O5S. The second-order valence-electron chi connectivity index (χ2n) is 9.88. The lowest BCUT2D eigenvalue weighted by molar-refractivity contribution is -0.119. The third-order valence-corrected chi connectivity index (χ3v) is 7.96. The molecular weight excluding hydrogens is 571 g/mol. The van der Waals surface area contributed by atoms with Crippen LogP contribution in [0.2, 0.25) is 0 Å². The van der Waals surface area contributed by atoms with Crippen molar-refractivity contribution in [2.24, 2.45) is 5.10 Å². The van der Waals surface area contributed by atoms with Crippen LogP contribution in [-0.4, -0.2) is 39.6 Å². The Bertz CT molecular complexity index is 1700. The van der Waals surface area contributed by atoms with Gasteiger partial charge in [-0.25, -0.2) is 18.2 Å². The Labute approximate surface area is 250 Å². The molecule has 2 N–H and O–H groups in total. The van der Waals surface area contributed by atoms with Gasteiger partial charge in [0, 0.05) is 5.69 Å². The summed E-state index contributed by atoms with van der Waals surface area (Å²) in [6.07, 6.45) is 1.40.